The zero-order valence-corrected chi connectivity index (χ0v) is 7.44. The Kier molecular flexibility index (Phi) is 30.3. The molecule has 0 spiro atoms. The molecule has 0 aliphatic heterocycles. The van der Waals surface area contributed by atoms with Crippen LogP contribution in [0.3, 0.4) is 0 Å². The first kappa shape index (κ1) is 17.6. The molecule has 0 aromatic heterocycles. The lowest BCUT2D eigenvalue weighted by atomic mass is 10.3. The van der Waals surface area contributed by atoms with Crippen molar-refractivity contribution < 1.29 is 19.5 Å². The van der Waals surface area contributed by atoms with Gasteiger partial charge in [-0.05, 0) is 19.0 Å². The standard InChI is InChI=1S/C4H9NO2.C3H4O.CH2O/c5-3-1-2-4(6)7;1-2-3-4;1-2/h1-3,5H2,(H,6,7);2-3H,1H2;1H2. The lowest BCUT2D eigenvalue weighted by Gasteiger charge is -1.86. The van der Waals surface area contributed by atoms with Gasteiger partial charge in [0.25, 0.3) is 0 Å². The number of aliphatic carboxylic acids is 1. The number of carbonyl (C=O) groups is 3. The predicted molar refractivity (Wildman–Crippen MR) is 49.3 cm³/mol. The number of carboxylic acid groups (broad SMARTS) is 1. The number of hydrogen-bond acceptors (Lipinski definition) is 4. The molecule has 0 heterocycles. The van der Waals surface area contributed by atoms with Crippen LogP contribution in [-0.2, 0) is 14.4 Å². The van der Waals surface area contributed by atoms with Gasteiger partial charge in [0.2, 0.25) is 0 Å². The van der Waals surface area contributed by atoms with Crippen molar-refractivity contribution in [1.29, 1.82) is 0 Å². The third-order valence-electron chi connectivity index (χ3n) is 0.691. The second-order valence-electron chi connectivity index (χ2n) is 1.66. The van der Waals surface area contributed by atoms with Gasteiger partial charge < -0.3 is 15.6 Å². The van der Waals surface area contributed by atoms with Crippen molar-refractivity contribution in [2.45, 2.75) is 12.8 Å². The highest BCUT2D eigenvalue weighted by Gasteiger charge is 1.91. The van der Waals surface area contributed by atoms with Gasteiger partial charge in [0, 0.05) is 6.42 Å². The highest BCUT2D eigenvalue weighted by atomic mass is 16.4. The van der Waals surface area contributed by atoms with Crippen LogP contribution in [0.2, 0.25) is 0 Å². The lowest BCUT2D eigenvalue weighted by molar-refractivity contribution is -0.137. The zero-order chi connectivity index (χ0) is 11.1. The number of carboxylic acids is 1. The van der Waals surface area contributed by atoms with Crippen molar-refractivity contribution in [1.82, 2.24) is 0 Å². The van der Waals surface area contributed by atoms with Crippen LogP contribution < -0.4 is 5.73 Å². The molecule has 0 aliphatic carbocycles. The van der Waals surface area contributed by atoms with Crippen molar-refractivity contribution in [3.05, 3.63) is 12.7 Å². The van der Waals surface area contributed by atoms with Gasteiger partial charge in [-0.3, -0.25) is 9.59 Å². The summed E-state index contributed by atoms with van der Waals surface area (Å²) in [5.41, 5.74) is 5.01. The van der Waals surface area contributed by atoms with Crippen LogP contribution in [0.4, 0.5) is 0 Å². The highest BCUT2D eigenvalue weighted by molar-refractivity contribution is 5.66. The van der Waals surface area contributed by atoms with Gasteiger partial charge in [-0.15, -0.1) is 0 Å². The van der Waals surface area contributed by atoms with Crippen LogP contribution in [0.1, 0.15) is 12.8 Å². The molecule has 13 heavy (non-hydrogen) atoms. The summed E-state index contributed by atoms with van der Waals surface area (Å²) in [4.78, 5) is 26.8. The number of aldehydes is 1. The fourth-order valence-electron chi connectivity index (χ4n) is 0.253. The molecule has 3 N–H and O–H groups in total. The third-order valence-corrected chi connectivity index (χ3v) is 0.691. The monoisotopic (exact) mass is 189 g/mol. The SMILES string of the molecule is C=CC=O.C=O.NCCCC(=O)O. The van der Waals surface area contributed by atoms with Crippen molar-refractivity contribution in [2.24, 2.45) is 5.73 Å². The molecule has 0 unspecified atom stereocenters. The van der Waals surface area contributed by atoms with Gasteiger partial charge in [-0.2, -0.15) is 0 Å². The smallest absolute Gasteiger partial charge is 0.303 e. The first-order chi connectivity index (χ1) is 6.18. The van der Waals surface area contributed by atoms with Gasteiger partial charge >= 0.3 is 5.97 Å². The average Bonchev–Trinajstić information content (AvgIpc) is 2.18. The molecule has 0 amide bonds. The molecule has 0 atom stereocenters. The molecule has 0 rings (SSSR count). The summed E-state index contributed by atoms with van der Waals surface area (Å²) < 4.78 is 0. The molecule has 0 bridgehead atoms. The largest absolute Gasteiger partial charge is 0.481 e. The molecular weight excluding hydrogens is 174 g/mol. The van der Waals surface area contributed by atoms with E-state index < -0.39 is 5.97 Å². The van der Waals surface area contributed by atoms with E-state index in [9.17, 15) is 4.79 Å². The van der Waals surface area contributed by atoms with E-state index in [1.165, 1.54) is 6.08 Å². The van der Waals surface area contributed by atoms with Gasteiger partial charge in [0.1, 0.15) is 13.1 Å². The van der Waals surface area contributed by atoms with Crippen molar-refractivity contribution in [3.8, 4) is 0 Å². The first-order valence-corrected chi connectivity index (χ1v) is 3.46. The maximum absolute atomic E-state index is 9.70. The maximum Gasteiger partial charge on any atom is 0.303 e. The molecule has 0 radical (unpaired) electrons. The quantitative estimate of drug-likeness (QED) is 0.479. The minimum Gasteiger partial charge on any atom is -0.481 e. The molecule has 0 aliphatic rings. The number of allylic oxidation sites excluding steroid dienone is 1. The van der Waals surface area contributed by atoms with E-state index in [0.717, 1.165) is 0 Å². The lowest BCUT2D eigenvalue weighted by Crippen LogP contribution is -2.02. The summed E-state index contributed by atoms with van der Waals surface area (Å²) in [5.74, 6) is -0.773. The van der Waals surface area contributed by atoms with E-state index in [1.807, 2.05) is 6.79 Å². The van der Waals surface area contributed by atoms with Crippen LogP contribution in [-0.4, -0.2) is 30.7 Å². The normalized spacial score (nSPS) is 6.54. The minimum absolute atomic E-state index is 0.191. The zero-order valence-electron chi connectivity index (χ0n) is 7.44. The second-order valence-corrected chi connectivity index (χ2v) is 1.66. The highest BCUT2D eigenvalue weighted by Crippen LogP contribution is 1.82. The number of hydrogen-bond donors (Lipinski definition) is 2. The summed E-state index contributed by atoms with van der Waals surface area (Å²) >= 11 is 0. The van der Waals surface area contributed by atoms with Crippen LogP contribution in [0.5, 0.6) is 0 Å². The Hall–Kier alpha value is -1.49. The Labute approximate surface area is 77.2 Å². The molecule has 0 aromatic rings. The third kappa shape index (κ3) is 61.8. The Morgan fingerprint density at radius 1 is 1.46 bits per heavy atom. The summed E-state index contributed by atoms with van der Waals surface area (Å²) in [5, 5.41) is 7.99. The van der Waals surface area contributed by atoms with Crippen molar-refractivity contribution >= 4 is 19.0 Å². The molecule has 76 valence electrons. The Morgan fingerprint density at radius 2 is 1.85 bits per heavy atom. The minimum atomic E-state index is -0.773. The Bertz CT molecular complexity index is 130. The summed E-state index contributed by atoms with van der Waals surface area (Å²) in [6.07, 6.45) is 2.60. The van der Waals surface area contributed by atoms with Gasteiger partial charge in [-0.1, -0.05) is 6.58 Å². The molecule has 0 saturated heterocycles. The fraction of sp³-hybridized carbons (Fsp3) is 0.375. The molecule has 0 aromatic carbocycles. The summed E-state index contributed by atoms with van der Waals surface area (Å²) in [6, 6.07) is 0. The topological polar surface area (TPSA) is 97.5 Å². The first-order valence-electron chi connectivity index (χ1n) is 3.46. The van der Waals surface area contributed by atoms with Crippen LogP contribution in [0, 0.1) is 0 Å². The summed E-state index contributed by atoms with van der Waals surface area (Å²) in [6.45, 7) is 5.58. The second kappa shape index (κ2) is 22.4. The molecule has 0 fully saturated rings. The van der Waals surface area contributed by atoms with Crippen LogP contribution in [0.15, 0.2) is 12.7 Å². The summed E-state index contributed by atoms with van der Waals surface area (Å²) in [7, 11) is 0. The van der Waals surface area contributed by atoms with E-state index in [4.69, 9.17) is 20.4 Å². The van der Waals surface area contributed by atoms with Gasteiger partial charge in [0.15, 0.2) is 0 Å². The van der Waals surface area contributed by atoms with Crippen LogP contribution >= 0.6 is 0 Å². The Morgan fingerprint density at radius 3 is 1.92 bits per heavy atom. The molecule has 5 nitrogen and oxygen atoms in total. The molecular formula is C8H15NO4. The number of rotatable bonds is 4. The number of carbonyl (C=O) groups excluding carboxylic acids is 2. The Balaban J connectivity index is -0.000000142. The van der Waals surface area contributed by atoms with Crippen molar-refractivity contribution in [3.63, 3.8) is 0 Å². The van der Waals surface area contributed by atoms with Crippen molar-refractivity contribution in [2.75, 3.05) is 6.54 Å². The molecule has 0 saturated carbocycles. The average molecular weight is 189 g/mol. The van der Waals surface area contributed by atoms with E-state index >= 15 is 0 Å². The van der Waals surface area contributed by atoms with Gasteiger partial charge in [0.05, 0.1) is 0 Å². The van der Waals surface area contributed by atoms with Gasteiger partial charge in [-0.25, -0.2) is 0 Å². The van der Waals surface area contributed by atoms with E-state index in [2.05, 4.69) is 6.58 Å². The number of nitrogens with two attached hydrogens (primary N) is 1. The predicted octanol–water partition coefficient (Wildman–Crippen LogP) is -0.00370. The fourth-order valence-corrected chi connectivity index (χ4v) is 0.253. The van der Waals surface area contributed by atoms with E-state index in [-0.39, 0.29) is 6.42 Å². The van der Waals surface area contributed by atoms with E-state index in [0.29, 0.717) is 19.3 Å². The van der Waals surface area contributed by atoms with E-state index in [1.54, 1.807) is 0 Å². The maximum atomic E-state index is 9.70. The van der Waals surface area contributed by atoms with Crippen LogP contribution in [0.25, 0.3) is 0 Å². The molecule has 5 heteroatoms.